The Morgan fingerprint density at radius 1 is 0.500 bits per heavy atom. The van der Waals surface area contributed by atoms with E-state index < -0.39 is 89.6 Å². The molecule has 0 heterocycles. The van der Waals surface area contributed by atoms with Crippen LogP contribution in [0.15, 0.2) is 0 Å². The summed E-state index contributed by atoms with van der Waals surface area (Å²) in [5, 5.41) is 26.0. The molecule has 0 aliphatic rings. The molecule has 18 heteroatoms. The number of hydrogen-bond acceptors (Lipinski definition) is 11. The van der Waals surface area contributed by atoms with Gasteiger partial charge in [0.25, 0.3) is 0 Å². The molecule has 54 heavy (non-hydrogen) atoms. The van der Waals surface area contributed by atoms with Crippen LogP contribution in [0.3, 0.4) is 0 Å². The van der Waals surface area contributed by atoms with E-state index in [1.54, 1.807) is 13.8 Å². The molecule has 0 saturated carbocycles. The first kappa shape index (κ1) is 50.1. The van der Waals surface area contributed by atoms with Crippen molar-refractivity contribution in [1.82, 2.24) is 31.9 Å². The van der Waals surface area contributed by atoms with E-state index in [1.165, 1.54) is 13.8 Å². The minimum atomic E-state index is -1.33. The zero-order valence-electron chi connectivity index (χ0n) is 33.2. The summed E-state index contributed by atoms with van der Waals surface area (Å²) in [6.45, 7) is 10.8. The number of carbonyl (C=O) groups excluding carboxylic acids is 7. The monoisotopic (exact) mass is 771 g/mol. The highest BCUT2D eigenvalue weighted by molar-refractivity contribution is 5.97. The van der Waals surface area contributed by atoms with Gasteiger partial charge in [0.1, 0.15) is 36.3 Å². The van der Waals surface area contributed by atoms with Gasteiger partial charge in [0, 0.05) is 6.92 Å². The van der Waals surface area contributed by atoms with Gasteiger partial charge in [-0.3, -0.25) is 33.6 Å². The third kappa shape index (κ3) is 18.9. The van der Waals surface area contributed by atoms with Gasteiger partial charge < -0.3 is 59.9 Å². The van der Waals surface area contributed by atoms with Crippen molar-refractivity contribution in [1.29, 1.82) is 0 Å². The van der Waals surface area contributed by atoms with Gasteiger partial charge >= 0.3 is 0 Å². The Hall–Kier alpha value is -3.87. The fourth-order valence-corrected chi connectivity index (χ4v) is 5.64. The predicted octanol–water partition coefficient (Wildman–Crippen LogP) is -1.74. The summed E-state index contributed by atoms with van der Waals surface area (Å²) in [6, 6.07) is -6.75. The van der Waals surface area contributed by atoms with E-state index in [9.17, 15) is 38.7 Å². The molecule has 9 atom stereocenters. The van der Waals surface area contributed by atoms with Crippen LogP contribution in [0.1, 0.15) is 112 Å². The fraction of sp³-hybridized carbons (Fsp3) is 0.806. The van der Waals surface area contributed by atoms with Crippen LogP contribution < -0.4 is 54.8 Å². The van der Waals surface area contributed by atoms with Crippen LogP contribution in [0.25, 0.3) is 0 Å². The van der Waals surface area contributed by atoms with Crippen LogP contribution >= 0.6 is 0 Å². The van der Waals surface area contributed by atoms with Gasteiger partial charge in [-0.25, -0.2) is 0 Å². The van der Waals surface area contributed by atoms with Gasteiger partial charge in [0.15, 0.2) is 0 Å². The maximum atomic E-state index is 13.9. The number of rotatable bonds is 29. The van der Waals surface area contributed by atoms with Crippen molar-refractivity contribution < 1.29 is 38.7 Å². The lowest BCUT2D eigenvalue weighted by atomic mass is 9.96. The molecule has 0 aromatic rings. The van der Waals surface area contributed by atoms with Gasteiger partial charge in [-0.05, 0) is 96.2 Å². The number of carbonyl (C=O) groups is 7. The molecule has 0 rings (SSSR count). The zero-order chi connectivity index (χ0) is 41.4. The SMILES string of the molecule is CC[C@H](C)[C@H](NC(=O)[C@H](CCCCN)NC(=O)[C@@H](NC(=O)[C@H](CCCCN)NC(=O)[C@H](CCCCN)NC(=O)[C@@H](NC(C)=O)[C@@H](C)O)[C@@H](C)CC)C(N)=O. The van der Waals surface area contributed by atoms with E-state index in [1.807, 2.05) is 13.8 Å². The third-order valence-corrected chi connectivity index (χ3v) is 9.47. The van der Waals surface area contributed by atoms with E-state index in [0.717, 1.165) is 0 Å². The second kappa shape index (κ2) is 27.7. The number of primary amides is 1. The average Bonchev–Trinajstić information content (AvgIpc) is 3.12. The average molecular weight is 771 g/mol. The first-order chi connectivity index (χ1) is 25.5. The third-order valence-electron chi connectivity index (χ3n) is 9.47. The molecule has 0 unspecified atom stereocenters. The van der Waals surface area contributed by atoms with Gasteiger partial charge in [-0.1, -0.05) is 40.5 Å². The normalized spacial score (nSPS) is 16.2. The molecule has 312 valence electrons. The molecular weight excluding hydrogens is 700 g/mol. The minimum absolute atomic E-state index is 0.150. The van der Waals surface area contributed by atoms with E-state index in [0.29, 0.717) is 71.0 Å². The van der Waals surface area contributed by atoms with Crippen molar-refractivity contribution in [2.75, 3.05) is 19.6 Å². The molecule has 0 aromatic carbocycles. The zero-order valence-corrected chi connectivity index (χ0v) is 33.2. The molecule has 0 bridgehead atoms. The minimum Gasteiger partial charge on any atom is -0.391 e. The summed E-state index contributed by atoms with van der Waals surface area (Å²) < 4.78 is 0. The van der Waals surface area contributed by atoms with Crippen molar-refractivity contribution in [3.05, 3.63) is 0 Å². The van der Waals surface area contributed by atoms with Crippen molar-refractivity contribution in [2.45, 2.75) is 155 Å². The summed E-state index contributed by atoms with van der Waals surface area (Å²) in [7, 11) is 0. The molecular formula is C36H70N10O8. The Morgan fingerprint density at radius 3 is 1.17 bits per heavy atom. The quantitative estimate of drug-likeness (QED) is 0.0380. The van der Waals surface area contributed by atoms with Crippen molar-refractivity contribution >= 4 is 41.4 Å². The predicted molar refractivity (Wildman–Crippen MR) is 206 cm³/mol. The number of amides is 7. The summed E-state index contributed by atoms with van der Waals surface area (Å²) in [5.74, 6) is -5.28. The summed E-state index contributed by atoms with van der Waals surface area (Å²) in [4.78, 5) is 91.9. The molecule has 0 spiro atoms. The molecule has 0 radical (unpaired) electrons. The highest BCUT2D eigenvalue weighted by Crippen LogP contribution is 2.13. The Bertz CT molecular complexity index is 1190. The molecule has 15 N–H and O–H groups in total. The van der Waals surface area contributed by atoms with Gasteiger partial charge in [0.05, 0.1) is 6.10 Å². The lowest BCUT2D eigenvalue weighted by Gasteiger charge is -2.30. The van der Waals surface area contributed by atoms with Crippen LogP contribution in [-0.4, -0.2) is 108 Å². The maximum absolute atomic E-state index is 13.9. The van der Waals surface area contributed by atoms with Crippen LogP contribution in [0.5, 0.6) is 0 Å². The topological polar surface area (TPSA) is 316 Å². The Morgan fingerprint density at radius 2 is 0.833 bits per heavy atom. The fourth-order valence-electron chi connectivity index (χ4n) is 5.64. The van der Waals surface area contributed by atoms with E-state index in [-0.39, 0.29) is 25.2 Å². The lowest BCUT2D eigenvalue weighted by molar-refractivity contribution is -0.136. The standard InChI is InChI=1S/C36H70N10O8/c1-7-21(3)28(31(40)49)45-33(51)27(17-11-14-20-39)43-35(53)29(22(4)8-2)46-34(52)26(16-10-13-19-38)42-32(50)25(15-9-12-18-37)44-36(54)30(23(5)47)41-24(6)48/h21-23,25-30,47H,7-20,37-39H2,1-6H3,(H2,40,49)(H,41,48)(H,42,50)(H,43,53)(H,44,54)(H,45,51)(H,46,52)/t21-,22-,23+,25-,26-,27-,28-,29-,30-/m0/s1. The first-order valence-corrected chi connectivity index (χ1v) is 19.4. The number of hydrogen-bond donors (Lipinski definition) is 11. The van der Waals surface area contributed by atoms with E-state index in [2.05, 4.69) is 31.9 Å². The summed E-state index contributed by atoms with van der Waals surface area (Å²) in [6.07, 6.45) is 3.37. The maximum Gasteiger partial charge on any atom is 0.245 e. The number of nitrogens with one attached hydrogen (secondary N) is 6. The molecule has 0 fully saturated rings. The molecule has 0 aliphatic carbocycles. The van der Waals surface area contributed by atoms with E-state index in [4.69, 9.17) is 22.9 Å². The largest absolute Gasteiger partial charge is 0.391 e. The second-order valence-corrected chi connectivity index (χ2v) is 14.1. The Kier molecular flexibility index (Phi) is 25.7. The van der Waals surface area contributed by atoms with Gasteiger partial charge in [-0.2, -0.15) is 0 Å². The summed E-state index contributed by atoms with van der Waals surface area (Å²) >= 11 is 0. The van der Waals surface area contributed by atoms with Crippen molar-refractivity contribution in [3.63, 3.8) is 0 Å². The van der Waals surface area contributed by atoms with Crippen molar-refractivity contribution in [3.8, 4) is 0 Å². The van der Waals surface area contributed by atoms with Gasteiger partial charge in [-0.15, -0.1) is 0 Å². The highest BCUT2D eigenvalue weighted by Gasteiger charge is 2.35. The summed E-state index contributed by atoms with van der Waals surface area (Å²) in [5.41, 5.74) is 22.6. The Labute approximate surface area is 320 Å². The Balaban J connectivity index is 6.38. The molecule has 18 nitrogen and oxygen atoms in total. The molecule has 0 aliphatic heterocycles. The number of nitrogens with two attached hydrogens (primary N) is 4. The van der Waals surface area contributed by atoms with Crippen LogP contribution in [0.4, 0.5) is 0 Å². The number of unbranched alkanes of at least 4 members (excludes halogenated alkanes) is 3. The van der Waals surface area contributed by atoms with Crippen molar-refractivity contribution in [2.24, 2.45) is 34.8 Å². The van der Waals surface area contributed by atoms with Crippen LogP contribution in [-0.2, 0) is 33.6 Å². The van der Waals surface area contributed by atoms with E-state index >= 15 is 0 Å². The number of aliphatic hydroxyl groups is 1. The first-order valence-electron chi connectivity index (χ1n) is 19.4. The lowest BCUT2D eigenvalue weighted by Crippen LogP contribution is -2.61. The van der Waals surface area contributed by atoms with Crippen LogP contribution in [0, 0.1) is 11.8 Å². The molecule has 0 aromatic heterocycles. The smallest absolute Gasteiger partial charge is 0.245 e. The second-order valence-electron chi connectivity index (χ2n) is 14.1. The molecule has 0 saturated heterocycles. The van der Waals surface area contributed by atoms with Gasteiger partial charge in [0.2, 0.25) is 41.4 Å². The van der Waals surface area contributed by atoms with Crippen LogP contribution in [0.2, 0.25) is 0 Å². The number of aliphatic hydroxyl groups excluding tert-OH is 1. The highest BCUT2D eigenvalue weighted by atomic mass is 16.3. The molecule has 7 amide bonds.